The van der Waals surface area contributed by atoms with Crippen LogP contribution in [0.3, 0.4) is 0 Å². The van der Waals surface area contributed by atoms with E-state index in [4.69, 9.17) is 32.7 Å². The van der Waals surface area contributed by atoms with Gasteiger partial charge in [0.25, 0.3) is 11.8 Å². The molecule has 0 bridgehead atoms. The Labute approximate surface area is 167 Å². The summed E-state index contributed by atoms with van der Waals surface area (Å²) >= 11 is 12.1. The number of benzene rings is 2. The van der Waals surface area contributed by atoms with Crippen LogP contribution in [-0.2, 0) is 9.59 Å². The third kappa shape index (κ3) is 6.05. The van der Waals surface area contributed by atoms with Crippen molar-refractivity contribution in [2.75, 3.05) is 6.61 Å². The van der Waals surface area contributed by atoms with Gasteiger partial charge in [0.15, 0.2) is 12.7 Å². The first kappa shape index (κ1) is 20.9. The Kier molecular flexibility index (Phi) is 7.33. The van der Waals surface area contributed by atoms with Gasteiger partial charge in [-0.05, 0) is 56.2 Å². The first-order valence-corrected chi connectivity index (χ1v) is 8.93. The van der Waals surface area contributed by atoms with Crippen molar-refractivity contribution >= 4 is 35.0 Å². The van der Waals surface area contributed by atoms with Gasteiger partial charge in [-0.3, -0.25) is 20.4 Å². The Bertz CT molecular complexity index is 819. The highest BCUT2D eigenvalue weighted by atomic mass is 35.5. The van der Waals surface area contributed by atoms with Gasteiger partial charge in [-0.25, -0.2) is 0 Å². The van der Waals surface area contributed by atoms with Crippen LogP contribution >= 0.6 is 23.2 Å². The molecule has 2 rings (SSSR count). The number of rotatable bonds is 6. The van der Waals surface area contributed by atoms with Crippen LogP contribution in [-0.4, -0.2) is 24.5 Å². The van der Waals surface area contributed by atoms with Crippen molar-refractivity contribution in [1.29, 1.82) is 0 Å². The van der Waals surface area contributed by atoms with Crippen molar-refractivity contribution in [1.82, 2.24) is 10.9 Å². The van der Waals surface area contributed by atoms with Crippen molar-refractivity contribution in [3.8, 4) is 11.5 Å². The summed E-state index contributed by atoms with van der Waals surface area (Å²) in [5.74, 6) is -0.142. The molecule has 2 amide bonds. The summed E-state index contributed by atoms with van der Waals surface area (Å²) in [4.78, 5) is 23.9. The number of carbonyl (C=O) groups is 2. The summed E-state index contributed by atoms with van der Waals surface area (Å²) in [6.07, 6.45) is -0.854. The number of aryl methyl sites for hydroxylation is 2. The van der Waals surface area contributed by atoms with E-state index in [2.05, 4.69) is 10.9 Å². The highest BCUT2D eigenvalue weighted by molar-refractivity contribution is 6.32. The van der Waals surface area contributed by atoms with Crippen LogP contribution in [0.4, 0.5) is 0 Å². The standard InChI is InChI=1S/C19H20Cl2N2O4/c1-11-8-14(9-12(2)18(11)21)26-10-17(24)22-23-19(25)13(3)27-16-7-5-4-6-15(16)20/h4-9,13H,10H2,1-3H3,(H,22,24)(H,23,25). The predicted molar refractivity (Wildman–Crippen MR) is 104 cm³/mol. The second-order valence-electron chi connectivity index (χ2n) is 5.89. The lowest BCUT2D eigenvalue weighted by atomic mass is 10.1. The molecule has 0 fully saturated rings. The molecule has 144 valence electrons. The minimum absolute atomic E-state index is 0.263. The van der Waals surface area contributed by atoms with Crippen LogP contribution in [0.5, 0.6) is 11.5 Å². The van der Waals surface area contributed by atoms with E-state index in [-0.39, 0.29) is 6.61 Å². The fraction of sp³-hybridized carbons (Fsp3) is 0.263. The largest absolute Gasteiger partial charge is 0.484 e. The molecule has 0 radical (unpaired) electrons. The molecule has 0 aliphatic rings. The zero-order valence-electron chi connectivity index (χ0n) is 15.1. The summed E-state index contributed by atoms with van der Waals surface area (Å²) < 4.78 is 10.9. The number of carbonyl (C=O) groups excluding carboxylic acids is 2. The van der Waals surface area contributed by atoms with E-state index in [1.165, 1.54) is 0 Å². The third-order valence-electron chi connectivity index (χ3n) is 3.61. The second kappa shape index (κ2) is 9.48. The van der Waals surface area contributed by atoms with Crippen LogP contribution in [0.2, 0.25) is 10.0 Å². The quantitative estimate of drug-likeness (QED) is 0.713. The van der Waals surface area contributed by atoms with Gasteiger partial charge in [0.05, 0.1) is 5.02 Å². The Morgan fingerprint density at radius 3 is 2.33 bits per heavy atom. The topological polar surface area (TPSA) is 76.7 Å². The molecule has 2 aromatic carbocycles. The molecule has 6 nitrogen and oxygen atoms in total. The van der Waals surface area contributed by atoms with Gasteiger partial charge in [0, 0.05) is 5.02 Å². The minimum Gasteiger partial charge on any atom is -0.484 e. The van der Waals surface area contributed by atoms with Gasteiger partial charge in [0.1, 0.15) is 11.5 Å². The molecule has 1 atom stereocenters. The third-order valence-corrected chi connectivity index (χ3v) is 4.52. The van der Waals surface area contributed by atoms with Gasteiger partial charge in [0.2, 0.25) is 0 Å². The Morgan fingerprint density at radius 2 is 1.70 bits per heavy atom. The number of para-hydroxylation sites is 1. The fourth-order valence-electron chi connectivity index (χ4n) is 2.19. The second-order valence-corrected chi connectivity index (χ2v) is 6.67. The van der Waals surface area contributed by atoms with Crippen LogP contribution in [0, 0.1) is 13.8 Å². The molecule has 0 spiro atoms. The maximum absolute atomic E-state index is 12.0. The molecule has 0 saturated heterocycles. The lowest BCUT2D eigenvalue weighted by Gasteiger charge is -2.16. The number of amides is 2. The van der Waals surface area contributed by atoms with Gasteiger partial charge in [-0.2, -0.15) is 0 Å². The van der Waals surface area contributed by atoms with Crippen molar-refractivity contribution in [2.45, 2.75) is 26.9 Å². The summed E-state index contributed by atoms with van der Waals surface area (Å²) in [5, 5.41) is 1.05. The number of nitrogens with one attached hydrogen (secondary N) is 2. The molecule has 2 aromatic rings. The summed E-state index contributed by atoms with van der Waals surface area (Å²) in [6, 6.07) is 10.3. The molecule has 0 aliphatic heterocycles. The van der Waals surface area contributed by atoms with Gasteiger partial charge in [-0.1, -0.05) is 35.3 Å². The van der Waals surface area contributed by atoms with E-state index in [1.807, 2.05) is 13.8 Å². The maximum atomic E-state index is 12.0. The van der Waals surface area contributed by atoms with E-state index >= 15 is 0 Å². The number of hydrazine groups is 1. The maximum Gasteiger partial charge on any atom is 0.279 e. The Morgan fingerprint density at radius 1 is 1.07 bits per heavy atom. The highest BCUT2D eigenvalue weighted by Crippen LogP contribution is 2.26. The van der Waals surface area contributed by atoms with Crippen LogP contribution in [0.25, 0.3) is 0 Å². The number of halogens is 2. The zero-order chi connectivity index (χ0) is 20.0. The van der Waals surface area contributed by atoms with Crippen LogP contribution in [0.1, 0.15) is 18.1 Å². The normalized spacial score (nSPS) is 11.4. The van der Waals surface area contributed by atoms with E-state index in [9.17, 15) is 9.59 Å². The van der Waals surface area contributed by atoms with Crippen LogP contribution < -0.4 is 20.3 Å². The monoisotopic (exact) mass is 410 g/mol. The molecule has 8 heteroatoms. The molecule has 0 aliphatic carbocycles. The number of ether oxygens (including phenoxy) is 2. The Hall–Kier alpha value is -2.44. The van der Waals surface area contributed by atoms with E-state index in [0.29, 0.717) is 21.5 Å². The summed E-state index contributed by atoms with van der Waals surface area (Å²) in [6.45, 7) is 4.98. The van der Waals surface area contributed by atoms with E-state index < -0.39 is 17.9 Å². The average Bonchev–Trinajstić information content (AvgIpc) is 2.64. The van der Waals surface area contributed by atoms with Gasteiger partial charge in [-0.15, -0.1) is 0 Å². The molecular weight excluding hydrogens is 391 g/mol. The minimum atomic E-state index is -0.854. The van der Waals surface area contributed by atoms with Crippen LogP contribution in [0.15, 0.2) is 36.4 Å². The van der Waals surface area contributed by atoms with Crippen molar-refractivity contribution in [2.24, 2.45) is 0 Å². The molecule has 0 aromatic heterocycles. The zero-order valence-corrected chi connectivity index (χ0v) is 16.6. The number of hydrogen-bond acceptors (Lipinski definition) is 4. The first-order valence-electron chi connectivity index (χ1n) is 8.17. The molecule has 27 heavy (non-hydrogen) atoms. The number of hydrogen-bond donors (Lipinski definition) is 2. The molecule has 2 N–H and O–H groups in total. The molecule has 1 unspecified atom stereocenters. The average molecular weight is 411 g/mol. The van der Waals surface area contributed by atoms with Gasteiger partial charge >= 0.3 is 0 Å². The van der Waals surface area contributed by atoms with Crippen molar-refractivity contribution in [3.05, 3.63) is 57.6 Å². The van der Waals surface area contributed by atoms with E-state index in [1.54, 1.807) is 43.3 Å². The molecular formula is C19H20Cl2N2O4. The molecule has 0 heterocycles. The predicted octanol–water partition coefficient (Wildman–Crippen LogP) is 3.60. The van der Waals surface area contributed by atoms with Gasteiger partial charge < -0.3 is 9.47 Å². The Balaban J connectivity index is 1.79. The smallest absolute Gasteiger partial charge is 0.279 e. The lowest BCUT2D eigenvalue weighted by molar-refractivity contribution is -0.133. The van der Waals surface area contributed by atoms with E-state index in [0.717, 1.165) is 11.1 Å². The highest BCUT2D eigenvalue weighted by Gasteiger charge is 2.16. The van der Waals surface area contributed by atoms with Crippen molar-refractivity contribution < 1.29 is 19.1 Å². The first-order chi connectivity index (χ1) is 12.8. The van der Waals surface area contributed by atoms with Crippen molar-refractivity contribution in [3.63, 3.8) is 0 Å². The molecule has 0 saturated carbocycles. The SMILES string of the molecule is Cc1cc(OCC(=O)NNC(=O)C(C)Oc2ccccc2Cl)cc(C)c1Cl. The summed E-state index contributed by atoms with van der Waals surface area (Å²) in [5.41, 5.74) is 6.26. The summed E-state index contributed by atoms with van der Waals surface area (Å²) in [7, 11) is 0. The fourth-order valence-corrected chi connectivity index (χ4v) is 2.48. The lowest BCUT2D eigenvalue weighted by Crippen LogP contribution is -2.48.